The highest BCUT2D eigenvalue weighted by Gasteiger charge is 2.38. The highest BCUT2D eigenvalue weighted by Crippen LogP contribution is 2.41. The zero-order valence-electron chi connectivity index (χ0n) is 20.7. The summed E-state index contributed by atoms with van der Waals surface area (Å²) in [7, 11) is -4.63. The maximum atomic E-state index is 13.6. The first kappa shape index (κ1) is 30.3. The zero-order valence-corrected chi connectivity index (χ0v) is 22.3. The summed E-state index contributed by atoms with van der Waals surface area (Å²) in [6.07, 6.45) is -8.54. The van der Waals surface area contributed by atoms with E-state index in [2.05, 4.69) is 0 Å². The van der Waals surface area contributed by atoms with Gasteiger partial charge in [0.25, 0.3) is 10.0 Å². The van der Waals surface area contributed by atoms with Crippen LogP contribution in [0.1, 0.15) is 35.1 Å². The van der Waals surface area contributed by atoms with Crippen molar-refractivity contribution in [1.29, 1.82) is 0 Å². The van der Waals surface area contributed by atoms with Gasteiger partial charge in [0, 0.05) is 6.42 Å². The number of carboxylic acid groups (broad SMARTS) is 1. The third-order valence-corrected chi connectivity index (χ3v) is 8.22. The molecule has 0 saturated heterocycles. The second kappa shape index (κ2) is 11.3. The molecular weight excluding hydrogens is 600 g/mol. The third kappa shape index (κ3) is 6.79. The summed E-state index contributed by atoms with van der Waals surface area (Å²) in [5.41, 5.74) is -2.34. The number of rotatable bonds is 7. The van der Waals surface area contributed by atoms with E-state index in [1.807, 2.05) is 0 Å². The number of carbonyl (C=O) groups is 1. The normalized spacial score (nSPS) is 16.0. The third-order valence-electron chi connectivity index (χ3n) is 6.13. The van der Waals surface area contributed by atoms with Crippen molar-refractivity contribution >= 4 is 45.4 Å². The van der Waals surface area contributed by atoms with Gasteiger partial charge in [-0.25, -0.2) is 8.42 Å². The van der Waals surface area contributed by atoms with E-state index in [1.165, 1.54) is 36.4 Å². The lowest BCUT2D eigenvalue weighted by Crippen LogP contribution is -2.43. The number of halogens is 7. The van der Waals surface area contributed by atoms with Gasteiger partial charge in [-0.15, -0.1) is 0 Å². The molecule has 1 aliphatic rings. The van der Waals surface area contributed by atoms with Gasteiger partial charge >= 0.3 is 18.3 Å². The molecule has 0 radical (unpaired) electrons. The number of nitrogens with zero attached hydrogens (tertiary/aromatic N) is 1. The van der Waals surface area contributed by atoms with Crippen LogP contribution in [0.2, 0.25) is 5.02 Å². The van der Waals surface area contributed by atoms with Gasteiger partial charge in [0.05, 0.1) is 33.3 Å². The number of ether oxygens (including phenoxy) is 1. The van der Waals surface area contributed by atoms with Gasteiger partial charge in [-0.3, -0.25) is 9.10 Å². The van der Waals surface area contributed by atoms with E-state index in [0.717, 1.165) is 34.6 Å². The molecular formula is C27H20ClF6NO5S. The molecule has 1 aliphatic heterocycles. The Bertz CT molecular complexity index is 1600. The molecule has 0 aromatic heterocycles. The van der Waals surface area contributed by atoms with Crippen molar-refractivity contribution < 1.29 is 49.4 Å². The number of benzene rings is 3. The Morgan fingerprint density at radius 2 is 1.71 bits per heavy atom. The first-order valence-corrected chi connectivity index (χ1v) is 13.7. The van der Waals surface area contributed by atoms with Gasteiger partial charge in [-0.1, -0.05) is 48.0 Å². The topological polar surface area (TPSA) is 83.9 Å². The van der Waals surface area contributed by atoms with Crippen LogP contribution in [0.3, 0.4) is 0 Å². The van der Waals surface area contributed by atoms with E-state index >= 15 is 0 Å². The molecule has 0 aliphatic carbocycles. The first-order valence-electron chi connectivity index (χ1n) is 11.8. The summed E-state index contributed by atoms with van der Waals surface area (Å²) in [5, 5.41) is 8.54. The standard InChI is InChI=1S/C27H20ClF6NO5S/c28-21-6-1-3-17(25(21)27(32,33)34)9-7-16-8-11-23-22(13-16)35(15-19(40-23)10-12-24(36)37)41(38,39)20-5-2-4-18(14-20)26(29,30)31/h1-9,11,13-14,19H,10,12,15H2,(H,36,37)/b9-7+/t19-/m0/s1. The van der Waals surface area contributed by atoms with E-state index in [9.17, 15) is 39.6 Å². The molecule has 0 unspecified atom stereocenters. The lowest BCUT2D eigenvalue weighted by atomic mass is 10.0. The molecule has 4 rings (SSSR count). The van der Waals surface area contributed by atoms with Crippen LogP contribution in [0.4, 0.5) is 32.0 Å². The molecule has 0 spiro atoms. The largest absolute Gasteiger partial charge is 0.486 e. The molecule has 218 valence electrons. The second-order valence-electron chi connectivity index (χ2n) is 9.00. The van der Waals surface area contributed by atoms with Crippen LogP contribution in [0.5, 0.6) is 5.75 Å². The van der Waals surface area contributed by atoms with Crippen LogP contribution in [0.25, 0.3) is 12.2 Å². The maximum absolute atomic E-state index is 13.6. The smallest absolute Gasteiger partial charge is 0.418 e. The van der Waals surface area contributed by atoms with Crippen molar-refractivity contribution in [3.05, 3.63) is 87.9 Å². The van der Waals surface area contributed by atoms with Gasteiger partial charge in [0.15, 0.2) is 0 Å². The van der Waals surface area contributed by atoms with Gasteiger partial charge in [-0.05, 0) is 53.9 Å². The number of alkyl halides is 6. The summed E-state index contributed by atoms with van der Waals surface area (Å²) in [4.78, 5) is 10.4. The van der Waals surface area contributed by atoms with Crippen LogP contribution in [0, 0.1) is 0 Å². The number of fused-ring (bicyclic) bond motifs is 1. The Morgan fingerprint density at radius 1 is 1.00 bits per heavy atom. The molecule has 3 aromatic carbocycles. The van der Waals surface area contributed by atoms with Crippen molar-refractivity contribution in [3.8, 4) is 5.75 Å². The van der Waals surface area contributed by atoms with Gasteiger partial charge in [0.2, 0.25) is 0 Å². The highest BCUT2D eigenvalue weighted by atomic mass is 35.5. The molecule has 1 N–H and O–H groups in total. The Balaban J connectivity index is 1.78. The van der Waals surface area contributed by atoms with Crippen molar-refractivity contribution in [2.75, 3.05) is 10.8 Å². The molecule has 0 saturated carbocycles. The predicted molar refractivity (Wildman–Crippen MR) is 139 cm³/mol. The Kier molecular flexibility index (Phi) is 8.33. The van der Waals surface area contributed by atoms with E-state index < -0.39 is 62.0 Å². The van der Waals surface area contributed by atoms with Crippen molar-refractivity contribution in [1.82, 2.24) is 0 Å². The van der Waals surface area contributed by atoms with Crippen LogP contribution in [-0.2, 0) is 27.2 Å². The summed E-state index contributed by atoms with van der Waals surface area (Å²) < 4.78 is 114. The molecule has 1 atom stereocenters. The average molecular weight is 620 g/mol. The van der Waals surface area contributed by atoms with Crippen LogP contribution in [0.15, 0.2) is 65.6 Å². The Labute approximate surface area is 235 Å². The summed E-state index contributed by atoms with van der Waals surface area (Å²) in [6.45, 7) is -0.418. The summed E-state index contributed by atoms with van der Waals surface area (Å²) in [6, 6.07) is 10.8. The minimum atomic E-state index is -4.81. The molecule has 14 heteroatoms. The quantitative estimate of drug-likeness (QED) is 0.221. The minimum absolute atomic E-state index is 0.00178. The van der Waals surface area contributed by atoms with Crippen molar-refractivity contribution in [2.24, 2.45) is 0 Å². The number of hydrogen-bond acceptors (Lipinski definition) is 4. The summed E-state index contributed by atoms with van der Waals surface area (Å²) >= 11 is 5.77. The average Bonchev–Trinajstić information content (AvgIpc) is 2.89. The van der Waals surface area contributed by atoms with Crippen molar-refractivity contribution in [2.45, 2.75) is 36.2 Å². The molecule has 41 heavy (non-hydrogen) atoms. The zero-order chi connectivity index (χ0) is 30.2. The number of anilines is 1. The lowest BCUT2D eigenvalue weighted by Gasteiger charge is -2.35. The summed E-state index contributed by atoms with van der Waals surface area (Å²) in [5.74, 6) is -1.16. The fourth-order valence-corrected chi connectivity index (χ4v) is 6.05. The number of carboxylic acids is 1. The molecule has 0 amide bonds. The highest BCUT2D eigenvalue weighted by molar-refractivity contribution is 7.92. The molecule has 3 aromatic rings. The monoisotopic (exact) mass is 619 g/mol. The molecule has 0 fully saturated rings. The van der Waals surface area contributed by atoms with Crippen molar-refractivity contribution in [3.63, 3.8) is 0 Å². The fourth-order valence-electron chi connectivity index (χ4n) is 4.22. The van der Waals surface area contributed by atoms with Gasteiger partial charge in [-0.2, -0.15) is 26.3 Å². The van der Waals surface area contributed by atoms with Gasteiger partial charge < -0.3 is 9.84 Å². The number of hydrogen-bond donors (Lipinski definition) is 1. The minimum Gasteiger partial charge on any atom is -0.486 e. The second-order valence-corrected chi connectivity index (χ2v) is 11.3. The Morgan fingerprint density at radius 3 is 2.37 bits per heavy atom. The predicted octanol–water partition coefficient (Wildman–Crippen LogP) is 7.37. The van der Waals surface area contributed by atoms with E-state index in [1.54, 1.807) is 0 Å². The molecule has 6 nitrogen and oxygen atoms in total. The molecule has 0 bridgehead atoms. The van der Waals surface area contributed by atoms with E-state index in [0.29, 0.717) is 6.07 Å². The Hall–Kier alpha value is -3.71. The number of sulfonamides is 1. The number of aliphatic carboxylic acids is 1. The maximum Gasteiger partial charge on any atom is 0.418 e. The van der Waals surface area contributed by atoms with Crippen LogP contribution < -0.4 is 9.04 Å². The van der Waals surface area contributed by atoms with Gasteiger partial charge in [0.1, 0.15) is 11.9 Å². The van der Waals surface area contributed by atoms with E-state index in [4.69, 9.17) is 21.4 Å². The van der Waals surface area contributed by atoms with Crippen LogP contribution >= 0.6 is 11.6 Å². The fraction of sp³-hybridized carbons (Fsp3) is 0.222. The SMILES string of the molecule is O=C(O)CC[C@H]1CN(S(=O)(=O)c2cccc(C(F)(F)F)c2)c2cc(/C=C/c3cccc(Cl)c3C(F)(F)F)ccc2O1. The first-order chi connectivity index (χ1) is 19.1. The lowest BCUT2D eigenvalue weighted by molar-refractivity contribution is -0.138. The van der Waals surface area contributed by atoms with Crippen LogP contribution in [-0.4, -0.2) is 32.1 Å². The van der Waals surface area contributed by atoms with E-state index in [-0.39, 0.29) is 35.4 Å². The molecule has 1 heterocycles.